The molecule has 0 atom stereocenters. The van der Waals surface area contributed by atoms with Gasteiger partial charge < -0.3 is 9.13 Å². The van der Waals surface area contributed by atoms with Crippen molar-refractivity contribution in [3.05, 3.63) is 182 Å². The molecule has 0 saturated carbocycles. The van der Waals surface area contributed by atoms with E-state index in [1.54, 1.807) is 0 Å². The molecule has 0 amide bonds. The van der Waals surface area contributed by atoms with Crippen LogP contribution in [0, 0.1) is 0 Å². The van der Waals surface area contributed by atoms with Crippen molar-refractivity contribution in [3.63, 3.8) is 0 Å². The zero-order valence-corrected chi connectivity index (χ0v) is 24.7. The predicted molar refractivity (Wildman–Crippen MR) is 177 cm³/mol. The van der Waals surface area contributed by atoms with Crippen LogP contribution in [-0.2, 0) is 9.13 Å². The minimum atomic E-state index is -2.78. The van der Waals surface area contributed by atoms with Gasteiger partial charge in [0.15, 0.2) is 14.3 Å². The molecule has 6 heteroatoms. The molecule has 0 radical (unpaired) electrons. The Morgan fingerprint density at radius 1 is 0.262 bits per heavy atom. The fourth-order valence-corrected chi connectivity index (χ4v) is 10.1. The highest BCUT2D eigenvalue weighted by molar-refractivity contribution is 7.85. The molecule has 0 aliphatic carbocycles. The molecule has 0 saturated heterocycles. The summed E-state index contributed by atoms with van der Waals surface area (Å²) in [5.41, 5.74) is 0. The smallest absolute Gasteiger partial charge is 0.171 e. The minimum Gasteiger partial charge on any atom is -0.309 e. The van der Waals surface area contributed by atoms with Gasteiger partial charge in [0, 0.05) is 31.8 Å². The molecule has 210 valence electrons. The standard InChI is InChI=1S/2C18H15OP.H2O2/c2*19-20(16-10-4-1-5-11-16,17-12-6-2-7-13-17)18-14-8-3-9-15-18;1-2/h2*1-15H;1-2H. The summed E-state index contributed by atoms with van der Waals surface area (Å²) in [4.78, 5) is 0. The normalized spacial score (nSPS) is 10.8. The Morgan fingerprint density at radius 3 is 0.500 bits per heavy atom. The Balaban J connectivity index is 0.000000182. The van der Waals surface area contributed by atoms with Crippen LogP contribution in [0.25, 0.3) is 0 Å². The Hall–Kier alpha value is -4.30. The maximum atomic E-state index is 13.8. The number of hydrogen-bond donors (Lipinski definition) is 2. The number of hydrogen-bond acceptors (Lipinski definition) is 4. The van der Waals surface area contributed by atoms with Crippen molar-refractivity contribution in [1.82, 2.24) is 0 Å². The highest BCUT2D eigenvalue weighted by Gasteiger charge is 2.30. The molecule has 2 N–H and O–H groups in total. The van der Waals surface area contributed by atoms with Crippen LogP contribution in [0.3, 0.4) is 0 Å². The van der Waals surface area contributed by atoms with Crippen LogP contribution in [0.4, 0.5) is 0 Å². The molecule has 6 rings (SSSR count). The molecule has 0 aliphatic heterocycles. The fraction of sp³-hybridized carbons (Fsp3) is 0. The van der Waals surface area contributed by atoms with Gasteiger partial charge in [-0.2, -0.15) is 0 Å². The third kappa shape index (κ3) is 6.77. The quantitative estimate of drug-likeness (QED) is 0.129. The number of rotatable bonds is 6. The zero-order valence-electron chi connectivity index (χ0n) is 22.9. The van der Waals surface area contributed by atoms with Gasteiger partial charge in [-0.3, -0.25) is 10.5 Å². The second-order valence-corrected chi connectivity index (χ2v) is 14.8. The first-order valence-electron chi connectivity index (χ1n) is 13.4. The summed E-state index contributed by atoms with van der Waals surface area (Å²) in [6.45, 7) is 0. The van der Waals surface area contributed by atoms with E-state index in [0.29, 0.717) is 0 Å². The summed E-state index contributed by atoms with van der Waals surface area (Å²) in [5, 5.41) is 17.2. The summed E-state index contributed by atoms with van der Waals surface area (Å²) >= 11 is 0. The largest absolute Gasteiger partial charge is 0.309 e. The lowest BCUT2D eigenvalue weighted by atomic mass is 10.4. The van der Waals surface area contributed by atoms with E-state index in [2.05, 4.69) is 0 Å². The fourth-order valence-electron chi connectivity index (χ4n) is 4.72. The van der Waals surface area contributed by atoms with Gasteiger partial charge in [0.05, 0.1) is 0 Å². The molecule has 0 aromatic heterocycles. The lowest BCUT2D eigenvalue weighted by molar-refractivity contribution is -0.176. The summed E-state index contributed by atoms with van der Waals surface area (Å²) in [5.74, 6) is 0. The van der Waals surface area contributed by atoms with E-state index < -0.39 is 14.3 Å². The van der Waals surface area contributed by atoms with E-state index >= 15 is 0 Å². The highest BCUT2D eigenvalue weighted by atomic mass is 31.2. The first kappa shape index (κ1) is 30.7. The monoisotopic (exact) mass is 590 g/mol. The summed E-state index contributed by atoms with van der Waals surface area (Å²) in [6, 6.07) is 58.3. The molecule has 0 unspecified atom stereocenters. The second-order valence-electron chi connectivity index (χ2n) is 9.23. The number of benzene rings is 6. The van der Waals surface area contributed by atoms with Crippen molar-refractivity contribution in [1.29, 1.82) is 0 Å². The van der Waals surface area contributed by atoms with Crippen molar-refractivity contribution in [2.45, 2.75) is 0 Å². The highest BCUT2D eigenvalue weighted by Crippen LogP contribution is 2.42. The predicted octanol–water partition coefficient (Wildman–Crippen LogP) is 6.67. The van der Waals surface area contributed by atoms with E-state index in [-0.39, 0.29) is 0 Å². The van der Waals surface area contributed by atoms with Crippen molar-refractivity contribution < 1.29 is 19.6 Å². The van der Waals surface area contributed by atoms with Crippen LogP contribution in [0.1, 0.15) is 0 Å². The molecular formula is C36H32O4P2. The SMILES string of the molecule is O=P(c1ccccc1)(c1ccccc1)c1ccccc1.O=P(c1ccccc1)(c1ccccc1)c1ccccc1.OO. The van der Waals surface area contributed by atoms with Crippen LogP contribution in [-0.4, -0.2) is 10.5 Å². The molecule has 6 aromatic rings. The third-order valence-electron chi connectivity index (χ3n) is 6.72. The first-order valence-corrected chi connectivity index (χ1v) is 16.8. The van der Waals surface area contributed by atoms with Crippen molar-refractivity contribution in [2.24, 2.45) is 0 Å². The average molecular weight is 591 g/mol. The first-order chi connectivity index (χ1) is 20.6. The Labute approximate surface area is 247 Å². The van der Waals surface area contributed by atoms with E-state index in [1.165, 1.54) is 0 Å². The molecule has 42 heavy (non-hydrogen) atoms. The maximum Gasteiger partial charge on any atom is 0.171 e. The molecule has 0 heterocycles. The molecule has 4 nitrogen and oxygen atoms in total. The Kier molecular flexibility index (Phi) is 11.0. The molecule has 0 bridgehead atoms. The van der Waals surface area contributed by atoms with Crippen LogP contribution < -0.4 is 31.8 Å². The molecule has 6 aromatic carbocycles. The van der Waals surface area contributed by atoms with Crippen LogP contribution in [0.15, 0.2) is 182 Å². The van der Waals surface area contributed by atoms with Crippen molar-refractivity contribution in [3.8, 4) is 0 Å². The van der Waals surface area contributed by atoms with E-state index in [4.69, 9.17) is 10.5 Å². The van der Waals surface area contributed by atoms with E-state index in [1.807, 2.05) is 182 Å². The molecule has 0 fully saturated rings. The topological polar surface area (TPSA) is 74.6 Å². The summed E-state index contributed by atoms with van der Waals surface area (Å²) in [7, 11) is -5.55. The molecule has 0 spiro atoms. The van der Waals surface area contributed by atoms with Gasteiger partial charge in [0.1, 0.15) is 0 Å². The average Bonchev–Trinajstić information content (AvgIpc) is 3.11. The lowest BCUT2D eigenvalue weighted by Gasteiger charge is -2.19. The van der Waals surface area contributed by atoms with Gasteiger partial charge in [0.2, 0.25) is 0 Å². The zero-order chi connectivity index (χ0) is 29.7. The van der Waals surface area contributed by atoms with Gasteiger partial charge >= 0.3 is 0 Å². The van der Waals surface area contributed by atoms with Crippen molar-refractivity contribution in [2.75, 3.05) is 0 Å². The molecular weight excluding hydrogens is 558 g/mol. The van der Waals surface area contributed by atoms with Crippen LogP contribution in [0.2, 0.25) is 0 Å². The van der Waals surface area contributed by atoms with Gasteiger partial charge in [-0.05, 0) is 0 Å². The Bertz CT molecular complexity index is 1380. The van der Waals surface area contributed by atoms with Gasteiger partial charge in [-0.15, -0.1) is 0 Å². The van der Waals surface area contributed by atoms with Gasteiger partial charge in [0.25, 0.3) is 0 Å². The second kappa shape index (κ2) is 15.1. The summed E-state index contributed by atoms with van der Waals surface area (Å²) < 4.78 is 27.6. The minimum absolute atomic E-state index is 0.873. The van der Waals surface area contributed by atoms with Gasteiger partial charge in [-0.1, -0.05) is 182 Å². The van der Waals surface area contributed by atoms with Crippen molar-refractivity contribution >= 4 is 46.1 Å². The van der Waals surface area contributed by atoms with Crippen LogP contribution >= 0.6 is 14.3 Å². The third-order valence-corrected chi connectivity index (χ3v) is 12.9. The molecule has 0 aliphatic rings. The lowest BCUT2D eigenvalue weighted by Crippen LogP contribution is -2.24. The van der Waals surface area contributed by atoms with E-state index in [9.17, 15) is 9.13 Å². The maximum absolute atomic E-state index is 13.8. The Morgan fingerprint density at radius 2 is 0.381 bits per heavy atom. The van der Waals surface area contributed by atoms with Gasteiger partial charge in [-0.25, -0.2) is 0 Å². The van der Waals surface area contributed by atoms with E-state index in [0.717, 1.165) is 31.8 Å². The van der Waals surface area contributed by atoms with Crippen LogP contribution in [0.5, 0.6) is 0 Å². The summed E-state index contributed by atoms with van der Waals surface area (Å²) in [6.07, 6.45) is 0.